The summed E-state index contributed by atoms with van der Waals surface area (Å²) in [7, 11) is 1.50. The zero-order chi connectivity index (χ0) is 8.43. The van der Waals surface area contributed by atoms with Gasteiger partial charge in [-0.3, -0.25) is 0 Å². The first-order valence-electron chi connectivity index (χ1n) is 2.90. The lowest BCUT2D eigenvalue weighted by atomic mass is 10.3. The Hall–Kier alpha value is -0.350. The largest absolute Gasteiger partial charge is 0.504 e. The smallest absolute Gasteiger partial charge is 0.161 e. The topological polar surface area (TPSA) is 29.5 Å². The molecular formula is C7H7BrO2S. The van der Waals surface area contributed by atoms with E-state index in [1.54, 1.807) is 12.1 Å². The van der Waals surface area contributed by atoms with E-state index >= 15 is 0 Å². The highest BCUT2D eigenvalue weighted by Gasteiger charge is 2.04. The second-order valence-electron chi connectivity index (χ2n) is 1.98. The number of aromatic hydroxyl groups is 1. The Labute approximate surface area is 78.7 Å². The lowest BCUT2D eigenvalue weighted by Gasteiger charge is -2.04. The van der Waals surface area contributed by atoms with Crippen molar-refractivity contribution in [2.24, 2.45) is 0 Å². The van der Waals surface area contributed by atoms with E-state index in [0.717, 1.165) is 9.37 Å². The number of rotatable bonds is 1. The van der Waals surface area contributed by atoms with Crippen molar-refractivity contribution in [2.75, 3.05) is 7.11 Å². The van der Waals surface area contributed by atoms with E-state index in [1.807, 2.05) is 0 Å². The Morgan fingerprint density at radius 1 is 1.55 bits per heavy atom. The summed E-state index contributed by atoms with van der Waals surface area (Å²) in [4.78, 5) is 0.736. The molecule has 1 N–H and O–H groups in total. The maximum atomic E-state index is 9.23. The van der Waals surface area contributed by atoms with Crippen LogP contribution in [0.5, 0.6) is 11.5 Å². The third-order valence-corrected chi connectivity index (χ3v) is 2.58. The molecule has 11 heavy (non-hydrogen) atoms. The monoisotopic (exact) mass is 234 g/mol. The van der Waals surface area contributed by atoms with Crippen LogP contribution < -0.4 is 4.74 Å². The van der Waals surface area contributed by atoms with Crippen molar-refractivity contribution < 1.29 is 9.84 Å². The molecule has 1 aromatic rings. The van der Waals surface area contributed by atoms with Crippen LogP contribution in [0.1, 0.15) is 0 Å². The van der Waals surface area contributed by atoms with Crippen molar-refractivity contribution in [3.8, 4) is 11.5 Å². The van der Waals surface area contributed by atoms with Crippen LogP contribution in [0.15, 0.2) is 21.5 Å². The van der Waals surface area contributed by atoms with E-state index in [1.165, 1.54) is 7.11 Å². The van der Waals surface area contributed by atoms with Gasteiger partial charge in [0.2, 0.25) is 0 Å². The predicted octanol–water partition coefficient (Wildman–Crippen LogP) is 2.45. The fraction of sp³-hybridized carbons (Fsp3) is 0.143. The average Bonchev–Trinajstić information content (AvgIpc) is 1.97. The van der Waals surface area contributed by atoms with E-state index in [-0.39, 0.29) is 5.75 Å². The van der Waals surface area contributed by atoms with Gasteiger partial charge < -0.3 is 9.84 Å². The van der Waals surface area contributed by atoms with Gasteiger partial charge in [0.15, 0.2) is 11.5 Å². The van der Waals surface area contributed by atoms with E-state index in [9.17, 15) is 5.11 Å². The van der Waals surface area contributed by atoms with Crippen molar-refractivity contribution in [1.29, 1.82) is 0 Å². The molecule has 60 valence electrons. The van der Waals surface area contributed by atoms with E-state index in [2.05, 4.69) is 28.6 Å². The van der Waals surface area contributed by atoms with Gasteiger partial charge in [0.1, 0.15) is 0 Å². The van der Waals surface area contributed by atoms with Gasteiger partial charge in [-0.15, -0.1) is 12.6 Å². The summed E-state index contributed by atoms with van der Waals surface area (Å²) in [5, 5.41) is 9.23. The maximum absolute atomic E-state index is 9.23. The molecule has 0 radical (unpaired) electrons. The van der Waals surface area contributed by atoms with Gasteiger partial charge in [0.05, 0.1) is 7.11 Å². The molecule has 0 amide bonds. The number of phenols is 1. The summed E-state index contributed by atoms with van der Waals surface area (Å²) in [5.41, 5.74) is 0. The molecule has 4 heteroatoms. The van der Waals surface area contributed by atoms with Crippen molar-refractivity contribution in [1.82, 2.24) is 0 Å². The van der Waals surface area contributed by atoms with Gasteiger partial charge >= 0.3 is 0 Å². The molecule has 0 fully saturated rings. The Kier molecular flexibility index (Phi) is 2.67. The second kappa shape index (κ2) is 3.36. The summed E-state index contributed by atoms with van der Waals surface area (Å²) < 4.78 is 5.61. The SMILES string of the molecule is COc1cc(S)c(Br)cc1O. The van der Waals surface area contributed by atoms with Gasteiger partial charge in [0, 0.05) is 9.37 Å². The molecular weight excluding hydrogens is 228 g/mol. The molecule has 0 saturated carbocycles. The summed E-state index contributed by atoms with van der Waals surface area (Å²) in [6, 6.07) is 3.18. The Morgan fingerprint density at radius 2 is 2.18 bits per heavy atom. The lowest BCUT2D eigenvalue weighted by Crippen LogP contribution is -1.83. The van der Waals surface area contributed by atoms with Crippen LogP contribution in [0, 0.1) is 0 Å². The fourth-order valence-corrected chi connectivity index (χ4v) is 1.21. The lowest BCUT2D eigenvalue weighted by molar-refractivity contribution is 0.372. The maximum Gasteiger partial charge on any atom is 0.161 e. The zero-order valence-electron chi connectivity index (χ0n) is 5.84. The molecule has 0 heterocycles. The molecule has 0 spiro atoms. The molecule has 1 rings (SSSR count). The zero-order valence-corrected chi connectivity index (χ0v) is 8.32. The number of benzene rings is 1. The normalized spacial score (nSPS) is 9.73. The minimum Gasteiger partial charge on any atom is -0.504 e. The number of hydrogen-bond donors (Lipinski definition) is 2. The van der Waals surface area contributed by atoms with Crippen LogP contribution in [-0.2, 0) is 0 Å². The van der Waals surface area contributed by atoms with E-state index in [0.29, 0.717) is 5.75 Å². The molecule has 0 aliphatic heterocycles. The van der Waals surface area contributed by atoms with Crippen molar-refractivity contribution in [3.63, 3.8) is 0 Å². The van der Waals surface area contributed by atoms with Crippen molar-refractivity contribution >= 4 is 28.6 Å². The Bertz CT molecular complexity index is 275. The van der Waals surface area contributed by atoms with Gasteiger partial charge in [-0.2, -0.15) is 0 Å². The number of halogens is 1. The molecule has 0 unspecified atom stereocenters. The van der Waals surface area contributed by atoms with E-state index < -0.39 is 0 Å². The van der Waals surface area contributed by atoms with Gasteiger partial charge in [-0.05, 0) is 28.1 Å². The summed E-state index contributed by atoms with van der Waals surface area (Å²) in [5.74, 6) is 0.537. The van der Waals surface area contributed by atoms with Crippen LogP contribution in [0.4, 0.5) is 0 Å². The van der Waals surface area contributed by atoms with Crippen molar-refractivity contribution in [3.05, 3.63) is 16.6 Å². The number of phenolic OH excluding ortho intramolecular Hbond substituents is 1. The number of hydrogen-bond acceptors (Lipinski definition) is 3. The molecule has 0 saturated heterocycles. The highest BCUT2D eigenvalue weighted by molar-refractivity contribution is 9.10. The second-order valence-corrected chi connectivity index (χ2v) is 3.31. The highest BCUT2D eigenvalue weighted by atomic mass is 79.9. The molecule has 0 aliphatic carbocycles. The Morgan fingerprint density at radius 3 is 2.73 bits per heavy atom. The minimum absolute atomic E-state index is 0.108. The molecule has 1 aromatic carbocycles. The minimum atomic E-state index is 0.108. The average molecular weight is 235 g/mol. The highest BCUT2D eigenvalue weighted by Crippen LogP contribution is 2.33. The molecule has 0 bridgehead atoms. The molecule has 0 aromatic heterocycles. The van der Waals surface area contributed by atoms with Gasteiger partial charge in [-0.25, -0.2) is 0 Å². The fourth-order valence-electron chi connectivity index (χ4n) is 0.696. The Balaban J connectivity index is 3.21. The quantitative estimate of drug-likeness (QED) is 0.732. The van der Waals surface area contributed by atoms with Crippen LogP contribution >= 0.6 is 28.6 Å². The van der Waals surface area contributed by atoms with E-state index in [4.69, 9.17) is 4.74 Å². The number of methoxy groups -OCH3 is 1. The third kappa shape index (κ3) is 1.81. The van der Waals surface area contributed by atoms with Crippen LogP contribution in [0.2, 0.25) is 0 Å². The van der Waals surface area contributed by atoms with Crippen LogP contribution in [0.25, 0.3) is 0 Å². The van der Waals surface area contributed by atoms with Crippen LogP contribution in [0.3, 0.4) is 0 Å². The standard InChI is InChI=1S/C7H7BrO2S/c1-10-6-3-7(11)4(8)2-5(6)9/h2-3,9,11H,1H3. The summed E-state index contributed by atoms with van der Waals surface area (Å²) >= 11 is 7.35. The first-order valence-corrected chi connectivity index (χ1v) is 4.14. The predicted molar refractivity (Wildman–Crippen MR) is 49.6 cm³/mol. The first-order chi connectivity index (χ1) is 5.15. The molecule has 0 atom stereocenters. The number of ether oxygens (including phenoxy) is 1. The van der Waals surface area contributed by atoms with Crippen LogP contribution in [-0.4, -0.2) is 12.2 Å². The van der Waals surface area contributed by atoms with Crippen molar-refractivity contribution in [2.45, 2.75) is 4.90 Å². The molecule has 2 nitrogen and oxygen atoms in total. The number of thiol groups is 1. The third-order valence-electron chi connectivity index (χ3n) is 1.25. The first kappa shape index (κ1) is 8.74. The summed E-state index contributed by atoms with van der Waals surface area (Å²) in [6.07, 6.45) is 0. The van der Waals surface area contributed by atoms with Gasteiger partial charge in [-0.1, -0.05) is 0 Å². The summed E-state index contributed by atoms with van der Waals surface area (Å²) in [6.45, 7) is 0. The molecule has 0 aliphatic rings. The van der Waals surface area contributed by atoms with Gasteiger partial charge in [0.25, 0.3) is 0 Å².